The molecule has 5 N–H and O–H groups in total. The van der Waals surface area contributed by atoms with E-state index in [4.69, 9.17) is 5.73 Å². The van der Waals surface area contributed by atoms with Crippen LogP contribution in [0.3, 0.4) is 0 Å². The zero-order valence-electron chi connectivity index (χ0n) is 20.9. The number of carbonyl (C=O) groups excluding carboxylic acids is 3. The first-order valence-corrected chi connectivity index (χ1v) is 13.5. The molecule has 3 amide bonds. The van der Waals surface area contributed by atoms with Crippen LogP contribution in [0.1, 0.15) is 18.4 Å². The number of fused-ring (bicyclic) bond motifs is 2. The smallest absolute Gasteiger partial charge is 0.243 e. The van der Waals surface area contributed by atoms with Gasteiger partial charge in [-0.05, 0) is 34.5 Å². The van der Waals surface area contributed by atoms with Crippen molar-refractivity contribution in [3.8, 4) is 0 Å². The fourth-order valence-electron chi connectivity index (χ4n) is 4.30. The van der Waals surface area contributed by atoms with Gasteiger partial charge in [-0.3, -0.25) is 14.4 Å². The van der Waals surface area contributed by atoms with Crippen molar-refractivity contribution in [2.45, 2.75) is 36.3 Å². The third-order valence-corrected chi connectivity index (χ3v) is 7.39. The SMILES string of the molecule is NCC(O)CNC(=O)[C@@H](Cc1ccc2ccccc2c1)NC(=O)CCN1C(=O)CCSc2cc(F)ccc21. The number of carbonyl (C=O) groups is 3. The van der Waals surface area contributed by atoms with Crippen LogP contribution in [0, 0.1) is 5.82 Å². The lowest BCUT2D eigenvalue weighted by molar-refractivity contribution is -0.129. The Morgan fingerprint density at radius 2 is 1.89 bits per heavy atom. The highest BCUT2D eigenvalue weighted by Crippen LogP contribution is 2.34. The molecule has 4 rings (SSSR count). The number of benzene rings is 3. The van der Waals surface area contributed by atoms with Gasteiger partial charge in [-0.25, -0.2) is 4.39 Å². The van der Waals surface area contributed by atoms with Crippen LogP contribution in [0.2, 0.25) is 0 Å². The van der Waals surface area contributed by atoms with E-state index < -0.39 is 24.0 Å². The zero-order valence-corrected chi connectivity index (χ0v) is 21.7. The molecule has 8 nitrogen and oxygen atoms in total. The van der Waals surface area contributed by atoms with Gasteiger partial charge in [0.25, 0.3) is 0 Å². The number of nitrogens with two attached hydrogens (primary N) is 1. The quantitative estimate of drug-likeness (QED) is 0.314. The topological polar surface area (TPSA) is 125 Å². The number of nitrogens with one attached hydrogen (secondary N) is 2. The van der Waals surface area contributed by atoms with E-state index in [0.717, 1.165) is 16.3 Å². The summed E-state index contributed by atoms with van der Waals surface area (Å²) in [6, 6.07) is 17.0. The first-order chi connectivity index (χ1) is 18.3. The minimum atomic E-state index is -0.898. The molecule has 3 aromatic carbocycles. The maximum absolute atomic E-state index is 13.7. The molecule has 200 valence electrons. The molecular formula is C28H31FN4O4S. The monoisotopic (exact) mass is 538 g/mol. The van der Waals surface area contributed by atoms with E-state index in [1.165, 1.54) is 28.8 Å². The van der Waals surface area contributed by atoms with Crippen LogP contribution < -0.4 is 21.3 Å². The number of thioether (sulfide) groups is 1. The Kier molecular flexibility index (Phi) is 9.33. The number of anilines is 1. The van der Waals surface area contributed by atoms with Gasteiger partial charge in [0, 0.05) is 49.5 Å². The van der Waals surface area contributed by atoms with E-state index in [1.54, 1.807) is 6.07 Å². The number of aliphatic hydroxyl groups excluding tert-OH is 1. The van der Waals surface area contributed by atoms with Crippen molar-refractivity contribution in [1.29, 1.82) is 0 Å². The Hall–Kier alpha value is -3.47. The summed E-state index contributed by atoms with van der Waals surface area (Å²) >= 11 is 1.41. The van der Waals surface area contributed by atoms with Gasteiger partial charge in [-0.1, -0.05) is 42.5 Å². The fraction of sp³-hybridized carbons (Fsp3) is 0.321. The first-order valence-electron chi connectivity index (χ1n) is 12.5. The van der Waals surface area contributed by atoms with Crippen molar-refractivity contribution in [3.63, 3.8) is 0 Å². The summed E-state index contributed by atoms with van der Waals surface area (Å²) in [5.74, 6) is -0.844. The molecule has 1 heterocycles. The fourth-order valence-corrected chi connectivity index (χ4v) is 5.32. The van der Waals surface area contributed by atoms with E-state index in [1.807, 2.05) is 42.5 Å². The van der Waals surface area contributed by atoms with E-state index >= 15 is 0 Å². The van der Waals surface area contributed by atoms with Crippen LogP contribution in [0.15, 0.2) is 65.6 Å². The van der Waals surface area contributed by atoms with Gasteiger partial charge in [0.15, 0.2) is 0 Å². The van der Waals surface area contributed by atoms with E-state index in [0.29, 0.717) is 16.3 Å². The van der Waals surface area contributed by atoms with E-state index in [-0.39, 0.29) is 50.6 Å². The third kappa shape index (κ3) is 7.09. The van der Waals surface area contributed by atoms with Crippen LogP contribution in [0.25, 0.3) is 10.8 Å². The van der Waals surface area contributed by atoms with Crippen LogP contribution in [-0.2, 0) is 20.8 Å². The van der Waals surface area contributed by atoms with Gasteiger partial charge in [0.05, 0.1) is 11.8 Å². The average molecular weight is 539 g/mol. The van der Waals surface area contributed by atoms with Crippen molar-refractivity contribution in [2.24, 2.45) is 5.73 Å². The lowest BCUT2D eigenvalue weighted by atomic mass is 10.0. The van der Waals surface area contributed by atoms with E-state index in [9.17, 15) is 23.9 Å². The van der Waals surface area contributed by atoms with Crippen molar-refractivity contribution >= 4 is 45.9 Å². The standard InChI is InChI=1S/C28H31FN4O4S/c29-21-7-8-24-25(15-21)38-12-10-27(36)33(24)11-9-26(35)32-23(28(37)31-17-22(34)16-30)14-18-5-6-19-3-1-2-4-20(19)13-18/h1-8,13,15,22-23,34H,9-12,14,16-17,30H2,(H,31,37)(H,32,35)/t22?,23-/m1/s1. The minimum absolute atomic E-state index is 0.00446. The molecule has 0 aromatic heterocycles. The van der Waals surface area contributed by atoms with Crippen LogP contribution in [0.5, 0.6) is 0 Å². The summed E-state index contributed by atoms with van der Waals surface area (Å²) in [5, 5.41) is 17.3. The van der Waals surface area contributed by atoms with Crippen LogP contribution >= 0.6 is 11.8 Å². The Morgan fingerprint density at radius 3 is 2.68 bits per heavy atom. The lowest BCUT2D eigenvalue weighted by Crippen LogP contribution is -2.50. The molecule has 0 spiro atoms. The van der Waals surface area contributed by atoms with Crippen molar-refractivity contribution < 1.29 is 23.9 Å². The van der Waals surface area contributed by atoms with Gasteiger partial charge in [0.2, 0.25) is 17.7 Å². The summed E-state index contributed by atoms with van der Waals surface area (Å²) in [6.07, 6.45) is -0.422. The average Bonchev–Trinajstić information content (AvgIpc) is 3.07. The molecule has 0 bridgehead atoms. The number of amides is 3. The highest BCUT2D eigenvalue weighted by Gasteiger charge is 2.26. The number of hydrogen-bond acceptors (Lipinski definition) is 6. The molecule has 0 fully saturated rings. The highest BCUT2D eigenvalue weighted by atomic mass is 32.2. The summed E-state index contributed by atoms with van der Waals surface area (Å²) < 4.78 is 13.7. The second-order valence-corrected chi connectivity index (χ2v) is 10.3. The molecule has 0 saturated carbocycles. The van der Waals surface area contributed by atoms with Gasteiger partial charge in [-0.2, -0.15) is 0 Å². The Morgan fingerprint density at radius 1 is 1.11 bits per heavy atom. The Balaban J connectivity index is 1.46. The Labute approximate surface area is 224 Å². The molecule has 3 aromatic rings. The molecule has 1 aliphatic heterocycles. The number of halogens is 1. The van der Waals surface area contributed by atoms with Crippen LogP contribution in [0.4, 0.5) is 10.1 Å². The summed E-state index contributed by atoms with van der Waals surface area (Å²) in [5.41, 5.74) is 6.88. The molecule has 1 aliphatic rings. The largest absolute Gasteiger partial charge is 0.390 e. The Bertz CT molecular complexity index is 1320. The van der Waals surface area contributed by atoms with Gasteiger partial charge in [-0.15, -0.1) is 11.8 Å². The van der Waals surface area contributed by atoms with E-state index in [2.05, 4.69) is 10.6 Å². The second-order valence-electron chi connectivity index (χ2n) is 9.15. The molecule has 1 unspecified atom stereocenters. The lowest BCUT2D eigenvalue weighted by Gasteiger charge is -2.24. The maximum atomic E-state index is 13.7. The number of nitrogens with zero attached hydrogens (tertiary/aromatic N) is 1. The molecular weight excluding hydrogens is 507 g/mol. The van der Waals surface area contributed by atoms with Gasteiger partial charge < -0.3 is 26.4 Å². The first kappa shape index (κ1) is 27.6. The second kappa shape index (κ2) is 12.9. The normalized spacial score (nSPS) is 14.9. The predicted octanol–water partition coefficient (Wildman–Crippen LogP) is 2.36. The molecule has 2 atom stereocenters. The minimum Gasteiger partial charge on any atom is -0.390 e. The van der Waals surface area contributed by atoms with Crippen molar-refractivity contribution in [2.75, 3.05) is 30.3 Å². The van der Waals surface area contributed by atoms with Crippen LogP contribution in [-0.4, -0.2) is 60.4 Å². The summed E-state index contributed by atoms with van der Waals surface area (Å²) in [7, 11) is 0. The molecule has 0 aliphatic carbocycles. The molecule has 38 heavy (non-hydrogen) atoms. The third-order valence-electron chi connectivity index (χ3n) is 6.34. The van der Waals surface area contributed by atoms with Gasteiger partial charge >= 0.3 is 0 Å². The summed E-state index contributed by atoms with van der Waals surface area (Å²) in [4.78, 5) is 40.9. The molecule has 10 heteroatoms. The number of rotatable bonds is 10. The number of hydrogen-bond donors (Lipinski definition) is 4. The van der Waals surface area contributed by atoms with Gasteiger partial charge in [0.1, 0.15) is 11.9 Å². The van der Waals surface area contributed by atoms with Crippen molar-refractivity contribution in [1.82, 2.24) is 10.6 Å². The van der Waals surface area contributed by atoms with Crippen molar-refractivity contribution in [3.05, 3.63) is 72.0 Å². The zero-order chi connectivity index (χ0) is 27.1. The predicted molar refractivity (Wildman–Crippen MR) is 146 cm³/mol. The molecule has 0 saturated heterocycles. The maximum Gasteiger partial charge on any atom is 0.243 e. The highest BCUT2D eigenvalue weighted by molar-refractivity contribution is 7.99. The summed E-state index contributed by atoms with van der Waals surface area (Å²) in [6.45, 7) is 0.0578. The molecule has 0 radical (unpaired) electrons. The number of aliphatic hydroxyl groups is 1.